The zero-order valence-corrected chi connectivity index (χ0v) is 22.6. The monoisotopic (exact) mass is 520 g/mol. The highest BCUT2D eigenvalue weighted by Crippen LogP contribution is 2.58. The first-order chi connectivity index (χ1) is 18.0. The summed E-state index contributed by atoms with van der Waals surface area (Å²) in [4.78, 5) is 26.8. The molecule has 2 aromatic heterocycles. The highest BCUT2D eigenvalue weighted by atomic mass is 19.1. The molecule has 38 heavy (non-hydrogen) atoms. The Hall–Kier alpha value is -3.75. The van der Waals surface area contributed by atoms with E-state index in [4.69, 9.17) is 0 Å². The first-order valence-electron chi connectivity index (χ1n) is 12.8. The zero-order chi connectivity index (χ0) is 27.7. The molecule has 1 N–H and O–H groups in total. The lowest BCUT2D eigenvalue weighted by molar-refractivity contribution is 0.0421. The van der Waals surface area contributed by atoms with Crippen LogP contribution in [0.2, 0.25) is 0 Å². The van der Waals surface area contributed by atoms with Crippen molar-refractivity contribution >= 4 is 22.8 Å². The van der Waals surface area contributed by atoms with Gasteiger partial charge in [-0.15, -0.1) is 0 Å². The number of benzene rings is 1. The normalized spacial score (nSPS) is 21.3. The van der Waals surface area contributed by atoms with Crippen molar-refractivity contribution in [2.24, 2.45) is 27.0 Å². The van der Waals surface area contributed by atoms with Crippen molar-refractivity contribution in [3.8, 4) is 0 Å². The number of nitrogens with one attached hydrogen (secondary N) is 1. The number of fused-ring (bicyclic) bond motifs is 1. The summed E-state index contributed by atoms with van der Waals surface area (Å²) in [5.74, 6) is -1.48. The number of carbonyl (C=O) groups is 1. The molecule has 0 saturated heterocycles. The van der Waals surface area contributed by atoms with E-state index in [9.17, 15) is 13.6 Å². The highest BCUT2D eigenvalue weighted by Gasteiger charge is 2.52. The van der Waals surface area contributed by atoms with Crippen molar-refractivity contribution in [3.63, 3.8) is 0 Å². The van der Waals surface area contributed by atoms with Gasteiger partial charge in [0.1, 0.15) is 17.2 Å². The second kappa shape index (κ2) is 10.6. The van der Waals surface area contributed by atoms with Crippen LogP contribution in [0.1, 0.15) is 56.5 Å². The topological polar surface area (TPSA) is 86.6 Å². The van der Waals surface area contributed by atoms with Gasteiger partial charge in [0.2, 0.25) is 0 Å². The van der Waals surface area contributed by atoms with E-state index in [1.807, 2.05) is 11.8 Å². The maximum Gasteiger partial charge on any atom is 0.255 e. The average molecular weight is 521 g/mol. The fraction of sp³-hybridized carbons (Fsp3) is 0.414. The molecule has 3 aromatic rings. The Balaban J connectivity index is 1.59. The number of carbonyl (C=O) groups excluding carboxylic acids is 1. The molecule has 0 unspecified atom stereocenters. The molecule has 0 bridgehead atoms. The van der Waals surface area contributed by atoms with Crippen LogP contribution in [0, 0.1) is 28.4 Å². The largest absolute Gasteiger partial charge is 0.338 e. The van der Waals surface area contributed by atoms with Gasteiger partial charge >= 0.3 is 0 Å². The van der Waals surface area contributed by atoms with E-state index in [1.165, 1.54) is 25.2 Å². The molecule has 9 heteroatoms. The van der Waals surface area contributed by atoms with E-state index >= 15 is 0 Å². The molecule has 2 heterocycles. The number of hydrogen-bond acceptors (Lipinski definition) is 5. The predicted molar refractivity (Wildman–Crippen MR) is 144 cm³/mol. The lowest BCUT2D eigenvalue weighted by Gasteiger charge is -2.45. The van der Waals surface area contributed by atoms with Gasteiger partial charge < -0.3 is 9.88 Å². The van der Waals surface area contributed by atoms with Crippen LogP contribution in [0.3, 0.4) is 0 Å². The summed E-state index contributed by atoms with van der Waals surface area (Å²) in [6.07, 6.45) is 6.45. The van der Waals surface area contributed by atoms with Gasteiger partial charge in [0.05, 0.1) is 23.2 Å². The molecule has 4 rings (SSSR count). The molecular weight excluding hydrogens is 486 g/mol. The van der Waals surface area contributed by atoms with E-state index in [0.717, 1.165) is 18.4 Å². The Morgan fingerprint density at radius 1 is 1.26 bits per heavy atom. The number of rotatable bonds is 8. The number of nitrogens with zero attached hydrogens (tertiary/aromatic N) is 5. The van der Waals surface area contributed by atoms with Crippen LogP contribution in [-0.4, -0.2) is 45.9 Å². The molecule has 1 aromatic carbocycles. The second-order valence-electron chi connectivity index (χ2n) is 10.7. The van der Waals surface area contributed by atoms with E-state index in [2.05, 4.69) is 52.5 Å². The lowest BCUT2D eigenvalue weighted by atomic mass is 9.64. The standard InChI is InChI=1S/C29H34F2N6O/c1-7-37(27(38)19-14-24-26(33-15-19)35-17-34-24)16-29(5)12-11-20(28(29,3)4)18(2)13-23(36-32-6)25-21(30)9-8-10-22(25)31/h8-10,13-15,17,20H,2,7,11-12,16H2,1,3-6H3,(H,33,34,35)/b23-13-,36-32-/t20-,29-/m0/s1. The minimum absolute atomic E-state index is 0.0141. The summed E-state index contributed by atoms with van der Waals surface area (Å²) < 4.78 is 29.1. The molecular formula is C29H34F2N6O. The predicted octanol–water partition coefficient (Wildman–Crippen LogP) is 6.82. The molecule has 1 saturated carbocycles. The first-order valence-corrected chi connectivity index (χ1v) is 12.8. The maximum absolute atomic E-state index is 14.5. The Bertz CT molecular complexity index is 1410. The minimum Gasteiger partial charge on any atom is -0.338 e. The van der Waals surface area contributed by atoms with Crippen LogP contribution < -0.4 is 0 Å². The third-order valence-corrected chi connectivity index (χ3v) is 8.34. The lowest BCUT2D eigenvalue weighted by Crippen LogP contribution is -2.46. The van der Waals surface area contributed by atoms with Gasteiger partial charge in [-0.25, -0.2) is 18.7 Å². The molecule has 0 radical (unpaired) electrons. The smallest absolute Gasteiger partial charge is 0.255 e. The van der Waals surface area contributed by atoms with Crippen molar-refractivity contribution in [2.75, 3.05) is 20.1 Å². The maximum atomic E-state index is 14.5. The molecule has 1 aliphatic carbocycles. The summed E-state index contributed by atoms with van der Waals surface area (Å²) in [7, 11) is 1.46. The van der Waals surface area contributed by atoms with E-state index in [0.29, 0.717) is 29.8 Å². The fourth-order valence-corrected chi connectivity index (χ4v) is 5.65. The third kappa shape index (κ3) is 4.89. The quantitative estimate of drug-likeness (QED) is 0.261. The number of azo groups is 1. The van der Waals surface area contributed by atoms with Crippen molar-refractivity contribution in [3.05, 3.63) is 77.8 Å². The first kappa shape index (κ1) is 27.3. The van der Waals surface area contributed by atoms with Crippen LogP contribution >= 0.6 is 0 Å². The Morgan fingerprint density at radius 2 is 1.97 bits per heavy atom. The fourth-order valence-electron chi connectivity index (χ4n) is 5.65. The van der Waals surface area contributed by atoms with Gasteiger partial charge in [0.25, 0.3) is 5.91 Å². The van der Waals surface area contributed by atoms with Crippen molar-refractivity contribution in [1.82, 2.24) is 19.9 Å². The molecule has 1 amide bonds. The number of H-pyrrole nitrogens is 1. The van der Waals surface area contributed by atoms with Gasteiger partial charge in [-0.1, -0.05) is 33.4 Å². The molecule has 0 spiro atoms. The van der Waals surface area contributed by atoms with Gasteiger partial charge in [0.15, 0.2) is 5.65 Å². The van der Waals surface area contributed by atoms with Crippen molar-refractivity contribution < 1.29 is 13.6 Å². The summed E-state index contributed by atoms with van der Waals surface area (Å²) in [5.41, 5.74) is 1.88. The van der Waals surface area contributed by atoms with Crippen LogP contribution in [-0.2, 0) is 0 Å². The zero-order valence-electron chi connectivity index (χ0n) is 22.6. The molecule has 0 aliphatic heterocycles. The van der Waals surface area contributed by atoms with E-state index in [-0.39, 0.29) is 33.9 Å². The number of halogens is 2. The van der Waals surface area contributed by atoms with Gasteiger partial charge in [-0.2, -0.15) is 10.2 Å². The summed E-state index contributed by atoms with van der Waals surface area (Å²) in [5, 5.41) is 7.81. The van der Waals surface area contributed by atoms with Crippen LogP contribution in [0.25, 0.3) is 16.9 Å². The van der Waals surface area contributed by atoms with Crippen molar-refractivity contribution in [1.29, 1.82) is 0 Å². The SMILES string of the molecule is C=C(/C=C(\N=N/C)c1c(F)cccc1F)[C@@H]1CC[C@@](C)(CN(CC)C(=O)c2cnc3[nH]cnc3c2)C1(C)C. The summed E-state index contributed by atoms with van der Waals surface area (Å²) >= 11 is 0. The van der Waals surface area contributed by atoms with Crippen LogP contribution in [0.5, 0.6) is 0 Å². The summed E-state index contributed by atoms with van der Waals surface area (Å²) in [6.45, 7) is 13.9. The number of hydrogen-bond donors (Lipinski definition) is 1. The van der Waals surface area contributed by atoms with Crippen LogP contribution in [0.15, 0.2) is 65.2 Å². The Kier molecular flexibility index (Phi) is 7.58. The number of aromatic amines is 1. The molecule has 7 nitrogen and oxygen atoms in total. The Morgan fingerprint density at radius 3 is 2.63 bits per heavy atom. The average Bonchev–Trinajstić information content (AvgIpc) is 3.43. The van der Waals surface area contributed by atoms with Crippen LogP contribution in [0.4, 0.5) is 8.78 Å². The van der Waals surface area contributed by atoms with Gasteiger partial charge in [-0.3, -0.25) is 4.79 Å². The Labute approximate surface area is 221 Å². The van der Waals surface area contributed by atoms with Gasteiger partial charge in [0, 0.05) is 26.3 Å². The summed E-state index contributed by atoms with van der Waals surface area (Å²) in [6, 6.07) is 5.48. The molecule has 2 atom stereocenters. The molecule has 200 valence electrons. The minimum atomic E-state index is -0.702. The molecule has 1 aliphatic rings. The van der Waals surface area contributed by atoms with E-state index in [1.54, 1.807) is 24.7 Å². The molecule has 1 fully saturated rings. The number of imidazole rings is 1. The van der Waals surface area contributed by atoms with Gasteiger partial charge in [-0.05, 0) is 66.4 Å². The number of pyridine rings is 1. The number of allylic oxidation sites excluding steroid dienone is 2. The highest BCUT2D eigenvalue weighted by molar-refractivity contribution is 5.96. The number of amides is 1. The van der Waals surface area contributed by atoms with Crippen molar-refractivity contribution in [2.45, 2.75) is 40.5 Å². The third-order valence-electron chi connectivity index (χ3n) is 8.34. The second-order valence-corrected chi connectivity index (χ2v) is 10.7. The van der Waals surface area contributed by atoms with E-state index < -0.39 is 11.6 Å². The number of aromatic nitrogens is 3.